The number of hydrogen-bond donors (Lipinski definition) is 2. The third-order valence-electron chi connectivity index (χ3n) is 8.25. The molecule has 0 aromatic heterocycles. The normalized spacial score (nSPS) is 16.3. The van der Waals surface area contributed by atoms with Crippen molar-refractivity contribution < 1.29 is 28.4 Å². The van der Waals surface area contributed by atoms with E-state index in [1.165, 1.54) is 0 Å². The lowest BCUT2D eigenvalue weighted by Crippen LogP contribution is -2.08. The average Bonchev–Trinajstić information content (AvgIpc) is 3.18. The monoisotopic (exact) mass is 732 g/mol. The van der Waals surface area contributed by atoms with Gasteiger partial charge in [-0.2, -0.15) is 10.2 Å². The van der Waals surface area contributed by atoms with Crippen molar-refractivity contribution in [1.82, 2.24) is 0 Å². The molecule has 0 saturated carbocycles. The first-order chi connectivity index (χ1) is 26.1. The lowest BCUT2D eigenvalue weighted by Gasteiger charge is -2.16. The second kappa shape index (κ2) is 17.7. The van der Waals surface area contributed by atoms with Crippen LogP contribution in [-0.2, 0) is 0 Å². The van der Waals surface area contributed by atoms with E-state index < -0.39 is 0 Å². The molecule has 14 heteroatoms. The molecule has 0 aliphatic carbocycles. The van der Waals surface area contributed by atoms with E-state index in [-0.39, 0.29) is 0 Å². The maximum absolute atomic E-state index is 5.53. The first kappa shape index (κ1) is 38.5. The molecular weight excluding hydrogens is 688 g/mol. The minimum absolute atomic E-state index is 0.457. The number of anilines is 2. The van der Waals surface area contributed by atoms with Crippen LogP contribution in [0.3, 0.4) is 0 Å². The molecule has 4 aromatic carbocycles. The van der Waals surface area contributed by atoms with Gasteiger partial charge in [0.1, 0.15) is 11.4 Å². The topological polar surface area (TPSA) is 154 Å². The summed E-state index contributed by atoms with van der Waals surface area (Å²) in [6.45, 7) is 7.58. The van der Waals surface area contributed by atoms with Crippen LogP contribution >= 0.6 is 0 Å². The number of rotatable bonds is 10. The van der Waals surface area contributed by atoms with Crippen molar-refractivity contribution >= 4 is 45.5 Å². The number of allylic oxidation sites excluding steroid dienone is 4. The van der Waals surface area contributed by atoms with Gasteiger partial charge >= 0.3 is 0 Å². The van der Waals surface area contributed by atoms with Gasteiger partial charge in [0.05, 0.1) is 88.2 Å². The average molecular weight is 733 g/mol. The zero-order valence-corrected chi connectivity index (χ0v) is 32.1. The van der Waals surface area contributed by atoms with Gasteiger partial charge in [-0.15, -0.1) is 10.2 Å². The molecule has 1 aliphatic rings. The minimum Gasteiger partial charge on any atom is -0.493 e. The van der Waals surface area contributed by atoms with Gasteiger partial charge < -0.3 is 39.1 Å². The van der Waals surface area contributed by atoms with Gasteiger partial charge in [-0.25, -0.2) is 9.98 Å². The van der Waals surface area contributed by atoms with E-state index in [9.17, 15) is 0 Å². The highest BCUT2D eigenvalue weighted by Crippen LogP contribution is 2.42. The number of fused-ring (bicyclic) bond motifs is 2. The molecule has 5 rings (SSSR count). The number of methoxy groups -OCH3 is 6. The summed E-state index contributed by atoms with van der Waals surface area (Å²) >= 11 is 0. The molecular formula is C40H44N8O6. The van der Waals surface area contributed by atoms with Crippen LogP contribution in [0.1, 0.15) is 27.7 Å². The number of nitrogens with zero attached hydrogens (tertiary/aromatic N) is 6. The first-order valence-corrected chi connectivity index (χ1v) is 16.8. The summed E-state index contributed by atoms with van der Waals surface area (Å²) in [5.41, 5.74) is 7.36. The standard InChI is InChI=1S/C40H44N8O6/c1-23-37(47-45-27-19-33(49-5)39(53-9)34(20-27)50-6)24(2)42-31-17-13-14-18-32(31)44-26(4)38(25(3)43-30-16-12-11-15-29(30)41-23)48-46-28-21-35(51-7)40(54-10)36(22-28)52-8/h11-22,41,44H,1-10H3/b37-23-,38-26-,42-24?,43-25?,47-45?,48-46?. The van der Waals surface area contributed by atoms with Crippen molar-refractivity contribution in [1.29, 1.82) is 0 Å². The van der Waals surface area contributed by atoms with Crippen molar-refractivity contribution in [3.05, 3.63) is 95.6 Å². The Kier molecular flexibility index (Phi) is 12.6. The van der Waals surface area contributed by atoms with Crippen LogP contribution in [0.15, 0.2) is 126 Å². The number of azo groups is 2. The number of benzene rings is 4. The van der Waals surface area contributed by atoms with Gasteiger partial charge in [-0.1, -0.05) is 24.3 Å². The third-order valence-corrected chi connectivity index (χ3v) is 8.25. The molecule has 0 saturated heterocycles. The van der Waals surface area contributed by atoms with Crippen LogP contribution in [0.4, 0.5) is 34.1 Å². The van der Waals surface area contributed by atoms with E-state index in [0.717, 1.165) is 11.4 Å². The van der Waals surface area contributed by atoms with Crippen LogP contribution < -0.4 is 39.1 Å². The minimum atomic E-state index is 0.457. The van der Waals surface area contributed by atoms with E-state index in [2.05, 4.69) is 20.9 Å². The van der Waals surface area contributed by atoms with Crippen LogP contribution in [0, 0.1) is 0 Å². The van der Waals surface area contributed by atoms with Crippen molar-refractivity contribution in [2.45, 2.75) is 27.7 Å². The van der Waals surface area contributed by atoms with Gasteiger partial charge in [0.25, 0.3) is 0 Å². The Morgan fingerprint density at radius 1 is 0.444 bits per heavy atom. The zero-order valence-electron chi connectivity index (χ0n) is 32.1. The molecule has 0 amide bonds. The van der Waals surface area contributed by atoms with Gasteiger partial charge in [-0.3, -0.25) is 0 Å². The van der Waals surface area contributed by atoms with E-state index >= 15 is 0 Å². The van der Waals surface area contributed by atoms with Crippen molar-refractivity contribution in [3.8, 4) is 34.5 Å². The van der Waals surface area contributed by atoms with Crippen LogP contribution in [-0.4, -0.2) is 54.1 Å². The lowest BCUT2D eigenvalue weighted by atomic mass is 10.2. The Labute approximate surface area is 315 Å². The molecule has 0 spiro atoms. The highest BCUT2D eigenvalue weighted by molar-refractivity contribution is 6.03. The Morgan fingerprint density at radius 3 is 1.09 bits per heavy atom. The summed E-state index contributed by atoms with van der Waals surface area (Å²) in [5, 5.41) is 25.6. The molecule has 0 atom stereocenters. The van der Waals surface area contributed by atoms with Crippen LogP contribution in [0.2, 0.25) is 0 Å². The van der Waals surface area contributed by atoms with Crippen molar-refractivity contribution in [3.63, 3.8) is 0 Å². The molecule has 14 nitrogen and oxygen atoms in total. The number of para-hydroxylation sites is 4. The summed E-state index contributed by atoms with van der Waals surface area (Å²) in [5.74, 6) is 2.74. The fraction of sp³-hybridized carbons (Fsp3) is 0.250. The first-order valence-electron chi connectivity index (χ1n) is 16.8. The predicted molar refractivity (Wildman–Crippen MR) is 212 cm³/mol. The van der Waals surface area contributed by atoms with Crippen molar-refractivity contribution in [2.75, 3.05) is 53.3 Å². The maximum Gasteiger partial charge on any atom is 0.203 e. The second-order valence-corrected chi connectivity index (χ2v) is 11.8. The molecule has 0 radical (unpaired) electrons. The van der Waals surface area contributed by atoms with E-state index in [0.29, 0.717) is 91.5 Å². The second-order valence-electron chi connectivity index (χ2n) is 11.8. The third kappa shape index (κ3) is 8.66. The summed E-state index contributed by atoms with van der Waals surface area (Å²) in [7, 11) is 9.30. The molecule has 0 fully saturated rings. The van der Waals surface area contributed by atoms with Gasteiger partial charge in [0.15, 0.2) is 23.0 Å². The molecule has 0 unspecified atom stereocenters. The molecule has 280 valence electrons. The number of aliphatic imine (C=N–C) groups is 2. The summed E-state index contributed by atoms with van der Waals surface area (Å²) < 4.78 is 33.1. The molecule has 0 bridgehead atoms. The van der Waals surface area contributed by atoms with Crippen molar-refractivity contribution in [2.24, 2.45) is 30.4 Å². The molecule has 4 aromatic rings. The predicted octanol–water partition coefficient (Wildman–Crippen LogP) is 10.5. The molecule has 2 N–H and O–H groups in total. The fourth-order valence-electron chi connectivity index (χ4n) is 5.65. The number of nitrogens with one attached hydrogen (secondary N) is 2. The highest BCUT2D eigenvalue weighted by Gasteiger charge is 2.18. The van der Waals surface area contributed by atoms with E-state index in [1.54, 1.807) is 66.9 Å². The van der Waals surface area contributed by atoms with Gasteiger partial charge in [-0.05, 0) is 52.0 Å². The number of ether oxygens (including phenoxy) is 6. The largest absolute Gasteiger partial charge is 0.493 e. The molecule has 1 aliphatic heterocycles. The Hall–Kier alpha value is -6.70. The quantitative estimate of drug-likeness (QED) is 0.153. The lowest BCUT2D eigenvalue weighted by molar-refractivity contribution is 0.324. The molecule has 54 heavy (non-hydrogen) atoms. The van der Waals surface area contributed by atoms with Crippen LogP contribution in [0.5, 0.6) is 34.5 Å². The van der Waals surface area contributed by atoms with Gasteiger partial charge in [0, 0.05) is 35.7 Å². The smallest absolute Gasteiger partial charge is 0.203 e. The van der Waals surface area contributed by atoms with Gasteiger partial charge in [0.2, 0.25) is 11.5 Å². The van der Waals surface area contributed by atoms with E-state index in [1.807, 2.05) is 76.2 Å². The molecule has 1 heterocycles. The summed E-state index contributed by atoms with van der Waals surface area (Å²) in [6.07, 6.45) is 0. The zero-order chi connectivity index (χ0) is 38.8. The summed E-state index contributed by atoms with van der Waals surface area (Å²) in [6, 6.07) is 22.3. The summed E-state index contributed by atoms with van der Waals surface area (Å²) in [4.78, 5) is 10.1. The maximum atomic E-state index is 5.53. The Morgan fingerprint density at radius 2 is 0.778 bits per heavy atom. The Balaban J connectivity index is 1.66. The Bertz CT molecular complexity index is 2000. The number of hydrogen-bond acceptors (Lipinski definition) is 14. The van der Waals surface area contributed by atoms with Crippen LogP contribution in [0.25, 0.3) is 0 Å². The SMILES string of the molecule is COc1cc(N=N/C2=C(/C)Nc3ccccc3N=C(C)/C(N=Nc3cc(OC)c(OC)c(OC)c3)=C(\C)Nc3ccccc3N=C2C)cc(OC)c1OC. The van der Waals surface area contributed by atoms with E-state index in [4.69, 9.17) is 48.6 Å². The highest BCUT2D eigenvalue weighted by atomic mass is 16.5. The fourth-order valence-corrected chi connectivity index (χ4v) is 5.65.